The topological polar surface area (TPSA) is 11.4 Å². The molecule has 12 rings (SSSR count). The van der Waals surface area contributed by atoms with Crippen molar-refractivity contribution in [2.45, 2.75) is 12.0 Å². The normalized spacial score (nSPS) is 16.0. The van der Waals surface area contributed by atoms with Crippen molar-refractivity contribution < 1.29 is 0 Å². The van der Waals surface area contributed by atoms with Crippen molar-refractivity contribution in [2.24, 2.45) is 0 Å². The maximum atomic E-state index is 2.50. The molecule has 9 aromatic carbocycles. The van der Waals surface area contributed by atoms with E-state index in [-0.39, 0.29) is 12.0 Å². The van der Waals surface area contributed by atoms with Crippen LogP contribution in [0.2, 0.25) is 0 Å². The summed E-state index contributed by atoms with van der Waals surface area (Å²) in [4.78, 5) is 4.86. The highest BCUT2D eigenvalue weighted by Crippen LogP contribution is 2.52. The Hall–Kier alpha value is -8.18. The molecule has 4 heteroatoms. The first-order valence-electron chi connectivity index (χ1n) is 22.5. The predicted octanol–water partition coefficient (Wildman–Crippen LogP) is 16.3. The van der Waals surface area contributed by atoms with E-state index in [9.17, 15) is 0 Å². The van der Waals surface area contributed by atoms with Gasteiger partial charge < -0.3 is 14.4 Å². The molecule has 0 amide bonds. The number of para-hydroxylation sites is 5. The Morgan fingerprint density at radius 1 is 0.415 bits per heavy atom. The number of rotatable bonds is 9. The van der Waals surface area contributed by atoms with E-state index in [2.05, 4.69) is 276 Å². The van der Waals surface area contributed by atoms with Crippen LogP contribution in [-0.4, -0.2) is 17.7 Å². The van der Waals surface area contributed by atoms with Gasteiger partial charge >= 0.3 is 0 Å². The lowest BCUT2D eigenvalue weighted by molar-refractivity contribution is 0.626. The molecule has 2 aliphatic rings. The van der Waals surface area contributed by atoms with E-state index >= 15 is 0 Å². The van der Waals surface area contributed by atoms with Gasteiger partial charge in [0.15, 0.2) is 0 Å². The van der Waals surface area contributed by atoms with Crippen LogP contribution in [0.15, 0.2) is 255 Å². The van der Waals surface area contributed by atoms with E-state index in [4.69, 9.17) is 0 Å². The summed E-state index contributed by atoms with van der Waals surface area (Å²) in [6.45, 7) is 0. The summed E-state index contributed by atoms with van der Waals surface area (Å²) in [6.07, 6.45) is 9.11. The highest BCUT2D eigenvalue weighted by atomic mass is 15.3. The van der Waals surface area contributed by atoms with Crippen LogP contribution in [0.4, 0.5) is 45.5 Å². The Kier molecular flexibility index (Phi) is 9.40. The Morgan fingerprint density at radius 3 is 1.68 bits per heavy atom. The summed E-state index contributed by atoms with van der Waals surface area (Å²) in [7, 11) is 2.33. The Labute approximate surface area is 380 Å². The zero-order chi connectivity index (χ0) is 43.3. The third-order valence-corrected chi connectivity index (χ3v) is 13.6. The zero-order valence-electron chi connectivity index (χ0n) is 36.2. The maximum Gasteiger partial charge on any atom is 0.143 e. The van der Waals surface area contributed by atoms with Crippen LogP contribution in [0.3, 0.4) is 0 Å². The number of aromatic nitrogens is 1. The molecule has 0 saturated carbocycles. The van der Waals surface area contributed by atoms with Gasteiger partial charge in [0.2, 0.25) is 0 Å². The summed E-state index contributed by atoms with van der Waals surface area (Å²) in [5, 5.41) is 2.46. The monoisotopic (exact) mass is 835 g/mol. The number of allylic oxidation sites excluding steroid dienone is 2. The fraction of sp³-hybridized carbons (Fsp3) is 0.0492. The maximum absolute atomic E-state index is 2.50. The lowest BCUT2D eigenvalue weighted by Crippen LogP contribution is -2.33. The molecule has 0 spiro atoms. The van der Waals surface area contributed by atoms with Crippen molar-refractivity contribution >= 4 is 67.3 Å². The average molecular weight is 836 g/mol. The number of anilines is 5. The Balaban J connectivity index is 0.897. The highest BCUT2D eigenvalue weighted by molar-refractivity contribution is 6.10. The van der Waals surface area contributed by atoms with Crippen LogP contribution in [0.25, 0.3) is 38.6 Å². The molecular weight excluding hydrogens is 789 g/mol. The van der Waals surface area contributed by atoms with Crippen molar-refractivity contribution in [3.63, 3.8) is 0 Å². The third kappa shape index (κ3) is 6.49. The minimum Gasteiger partial charge on any atom is -0.333 e. The summed E-state index contributed by atoms with van der Waals surface area (Å²) in [5.74, 6) is 0.270. The standard InChI is InChI=1S/C61H47N4/c1-65(51-24-12-5-13-25-51,53-39-41-61-57(43-53)55-27-15-17-29-59(55)64(61)48-22-10-4-11-23-48)52-37-32-45(33-38-52)44-30-34-49(35-31-44)62(46-18-6-2-7-19-46)50-36-40-60-56(42-50)54-26-14-16-28-58(54)63(60)47-20-8-3-9-21-47/h2-43,55,59H,1H3/q+1. The SMILES string of the molecule is C[N+](c1ccccc1)(c1ccc(-c2ccc(N(c3ccccc3)c3ccc4c(c3)c3ccccc3n4-c3ccccc3)cc2)cc1)c1ccc2c(c1)C1C=CC=CC1N2c1ccccc1. The van der Waals surface area contributed by atoms with E-state index < -0.39 is 0 Å². The van der Waals surface area contributed by atoms with E-state index in [1.54, 1.807) is 0 Å². The molecule has 3 unspecified atom stereocenters. The van der Waals surface area contributed by atoms with Gasteiger partial charge in [0.1, 0.15) is 17.1 Å². The second kappa shape index (κ2) is 15.9. The zero-order valence-corrected chi connectivity index (χ0v) is 36.2. The lowest BCUT2D eigenvalue weighted by Gasteiger charge is -2.34. The van der Waals surface area contributed by atoms with Gasteiger partial charge in [0.25, 0.3) is 0 Å². The number of benzene rings is 9. The summed E-state index contributed by atoms with van der Waals surface area (Å²) in [6, 6.07) is 84.2. The fourth-order valence-electron chi connectivity index (χ4n) is 10.4. The van der Waals surface area contributed by atoms with Gasteiger partial charge in [-0.25, -0.2) is 4.48 Å². The molecule has 3 atom stereocenters. The molecule has 0 N–H and O–H groups in total. The quantitative estimate of drug-likeness (QED) is 0.134. The molecule has 0 fully saturated rings. The number of nitrogens with zero attached hydrogens (tertiary/aromatic N) is 4. The molecular formula is C61H47N4+. The molecule has 0 radical (unpaired) electrons. The largest absolute Gasteiger partial charge is 0.333 e. The second-order valence-electron chi connectivity index (χ2n) is 17.2. The smallest absolute Gasteiger partial charge is 0.143 e. The molecule has 1 aliphatic heterocycles. The van der Waals surface area contributed by atoms with E-state index in [0.717, 1.165) is 22.7 Å². The number of fused-ring (bicyclic) bond motifs is 6. The second-order valence-corrected chi connectivity index (χ2v) is 17.2. The Bertz CT molecular complexity index is 3380. The minimum absolute atomic E-state index is 0.241. The molecule has 1 aromatic heterocycles. The van der Waals surface area contributed by atoms with Gasteiger partial charge in [-0.2, -0.15) is 0 Å². The molecule has 4 nitrogen and oxygen atoms in total. The van der Waals surface area contributed by atoms with Crippen molar-refractivity contribution in [3.8, 4) is 16.8 Å². The molecule has 1 aliphatic carbocycles. The van der Waals surface area contributed by atoms with Crippen LogP contribution in [0.1, 0.15) is 11.5 Å². The van der Waals surface area contributed by atoms with E-state index in [1.807, 2.05) is 0 Å². The minimum atomic E-state index is 0.241. The van der Waals surface area contributed by atoms with Gasteiger partial charge in [-0.1, -0.05) is 127 Å². The first-order valence-corrected chi connectivity index (χ1v) is 22.5. The predicted molar refractivity (Wildman–Crippen MR) is 274 cm³/mol. The number of hydrogen-bond acceptors (Lipinski definition) is 2. The van der Waals surface area contributed by atoms with Crippen LogP contribution in [0.5, 0.6) is 0 Å². The van der Waals surface area contributed by atoms with Crippen molar-refractivity contribution in [1.82, 2.24) is 9.05 Å². The molecule has 10 aromatic rings. The molecule has 65 heavy (non-hydrogen) atoms. The van der Waals surface area contributed by atoms with Crippen molar-refractivity contribution in [3.05, 3.63) is 260 Å². The van der Waals surface area contributed by atoms with Crippen LogP contribution in [-0.2, 0) is 0 Å². The van der Waals surface area contributed by atoms with Crippen LogP contribution >= 0.6 is 0 Å². The van der Waals surface area contributed by atoms with Crippen molar-refractivity contribution in [1.29, 1.82) is 0 Å². The molecule has 0 bridgehead atoms. The molecule has 0 saturated heterocycles. The first kappa shape index (κ1) is 38.5. The van der Waals surface area contributed by atoms with Crippen LogP contribution in [0, 0.1) is 0 Å². The molecule has 2 heterocycles. The summed E-state index contributed by atoms with van der Waals surface area (Å²) < 4.78 is 2.91. The van der Waals surface area contributed by atoms with Gasteiger partial charge in [0.05, 0.1) is 24.1 Å². The van der Waals surface area contributed by atoms with Gasteiger partial charge in [-0.05, 0) is 120 Å². The average Bonchev–Trinajstić information content (AvgIpc) is 3.90. The van der Waals surface area contributed by atoms with E-state index in [0.29, 0.717) is 4.48 Å². The van der Waals surface area contributed by atoms with Gasteiger partial charge in [0, 0.05) is 75.1 Å². The summed E-state index contributed by atoms with van der Waals surface area (Å²) >= 11 is 0. The number of quaternary nitrogens is 1. The Morgan fingerprint density at radius 2 is 0.954 bits per heavy atom. The highest BCUT2D eigenvalue weighted by Gasteiger charge is 2.40. The fourth-order valence-corrected chi connectivity index (χ4v) is 10.4. The molecule has 310 valence electrons. The van der Waals surface area contributed by atoms with Crippen molar-refractivity contribution in [2.75, 3.05) is 16.8 Å². The van der Waals surface area contributed by atoms with Crippen LogP contribution < -0.4 is 14.3 Å². The number of hydrogen-bond donors (Lipinski definition) is 0. The lowest BCUT2D eigenvalue weighted by atomic mass is 9.91. The summed E-state index contributed by atoms with van der Waals surface area (Å²) in [5.41, 5.74) is 16.7. The van der Waals surface area contributed by atoms with Gasteiger partial charge in [-0.3, -0.25) is 0 Å². The third-order valence-electron chi connectivity index (χ3n) is 13.6. The van der Waals surface area contributed by atoms with Gasteiger partial charge in [-0.15, -0.1) is 0 Å². The first-order chi connectivity index (χ1) is 32.1. The van der Waals surface area contributed by atoms with E-state index in [1.165, 1.54) is 66.9 Å².